The highest BCUT2D eigenvalue weighted by molar-refractivity contribution is 7.91. The molecule has 1 aliphatic carbocycles. The minimum absolute atomic E-state index is 0.0905. The number of ether oxygens (including phenoxy) is 1. The average Bonchev–Trinajstić information content (AvgIpc) is 2.89. The first-order valence-corrected chi connectivity index (χ1v) is 14.6. The highest BCUT2D eigenvalue weighted by Crippen LogP contribution is 2.57. The standard InChI is InChI=1S/C34H28O4S/c1-21-13-15-28(16-14-21)39(36,37)20-22(2)31-30-19-27-17-25-11-7-8-12-26(25)18-29(27)34(38-23(3)35)33(30)32(31)24-9-5-4-6-10-24/h4-19,32H,20H2,1-3H3/b31-22+. The van der Waals surface area contributed by atoms with Gasteiger partial charge in [-0.3, -0.25) is 4.79 Å². The quantitative estimate of drug-likeness (QED) is 0.133. The topological polar surface area (TPSA) is 60.4 Å². The number of aryl methyl sites for hydroxylation is 1. The van der Waals surface area contributed by atoms with Crippen LogP contribution in [0, 0.1) is 6.92 Å². The van der Waals surface area contributed by atoms with Crippen LogP contribution in [0.5, 0.6) is 5.75 Å². The van der Waals surface area contributed by atoms with Gasteiger partial charge in [-0.1, -0.05) is 77.9 Å². The average molecular weight is 533 g/mol. The molecule has 4 nitrogen and oxygen atoms in total. The molecule has 5 aromatic carbocycles. The van der Waals surface area contributed by atoms with E-state index in [0.29, 0.717) is 10.6 Å². The van der Waals surface area contributed by atoms with Crippen LogP contribution in [0.15, 0.2) is 108 Å². The molecule has 1 unspecified atom stereocenters. The highest BCUT2D eigenvalue weighted by Gasteiger charge is 2.40. The molecule has 0 radical (unpaired) electrons. The zero-order chi connectivity index (χ0) is 27.3. The maximum atomic E-state index is 13.4. The molecule has 39 heavy (non-hydrogen) atoms. The molecule has 5 heteroatoms. The Balaban J connectivity index is 1.59. The molecule has 0 saturated carbocycles. The van der Waals surface area contributed by atoms with Crippen molar-refractivity contribution in [3.63, 3.8) is 0 Å². The van der Waals surface area contributed by atoms with E-state index in [9.17, 15) is 13.2 Å². The molecule has 0 saturated heterocycles. The Labute approximate surface area is 228 Å². The summed E-state index contributed by atoms with van der Waals surface area (Å²) >= 11 is 0. The van der Waals surface area contributed by atoms with Crippen molar-refractivity contribution in [3.05, 3.63) is 125 Å². The summed E-state index contributed by atoms with van der Waals surface area (Å²) in [6.07, 6.45) is 0. The Kier molecular flexibility index (Phi) is 6.12. The van der Waals surface area contributed by atoms with Crippen molar-refractivity contribution in [3.8, 4) is 5.75 Å². The fourth-order valence-corrected chi connectivity index (χ4v) is 7.15. The molecular formula is C34H28O4S. The summed E-state index contributed by atoms with van der Waals surface area (Å²) in [5, 5.41) is 3.96. The van der Waals surface area contributed by atoms with Crippen molar-refractivity contribution in [1.29, 1.82) is 0 Å². The second-order valence-electron chi connectivity index (χ2n) is 10.3. The lowest BCUT2D eigenvalue weighted by atomic mass is 9.66. The fourth-order valence-electron chi connectivity index (χ4n) is 5.71. The monoisotopic (exact) mass is 532 g/mol. The molecule has 5 aromatic rings. The van der Waals surface area contributed by atoms with Gasteiger partial charge in [-0.2, -0.15) is 0 Å². The second kappa shape index (κ2) is 9.51. The minimum Gasteiger partial charge on any atom is -0.426 e. The Morgan fingerprint density at radius 1 is 0.795 bits per heavy atom. The van der Waals surface area contributed by atoms with Gasteiger partial charge in [-0.05, 0) is 77.0 Å². The van der Waals surface area contributed by atoms with Gasteiger partial charge >= 0.3 is 5.97 Å². The van der Waals surface area contributed by atoms with Crippen LogP contribution in [0.2, 0.25) is 0 Å². The fraction of sp³-hybridized carbons (Fsp3) is 0.147. The Morgan fingerprint density at radius 2 is 1.44 bits per heavy atom. The van der Waals surface area contributed by atoms with Crippen LogP contribution in [0.25, 0.3) is 27.1 Å². The van der Waals surface area contributed by atoms with Gasteiger partial charge < -0.3 is 4.74 Å². The van der Waals surface area contributed by atoms with Crippen molar-refractivity contribution in [1.82, 2.24) is 0 Å². The lowest BCUT2D eigenvalue weighted by molar-refractivity contribution is -0.131. The molecule has 0 N–H and O–H groups in total. The molecule has 0 amide bonds. The van der Waals surface area contributed by atoms with Crippen molar-refractivity contribution in [2.24, 2.45) is 0 Å². The second-order valence-corrected chi connectivity index (χ2v) is 12.3. The van der Waals surface area contributed by atoms with Crippen molar-refractivity contribution < 1.29 is 17.9 Å². The van der Waals surface area contributed by atoms with E-state index in [1.54, 1.807) is 12.1 Å². The Bertz CT molecular complexity index is 1900. The third-order valence-electron chi connectivity index (χ3n) is 7.49. The number of allylic oxidation sites excluding steroid dienone is 1. The van der Waals surface area contributed by atoms with Gasteiger partial charge in [-0.25, -0.2) is 8.42 Å². The van der Waals surface area contributed by atoms with Gasteiger partial charge in [0.1, 0.15) is 5.75 Å². The lowest BCUT2D eigenvalue weighted by Gasteiger charge is -2.38. The highest BCUT2D eigenvalue weighted by atomic mass is 32.2. The predicted octanol–water partition coefficient (Wildman–Crippen LogP) is 7.62. The minimum atomic E-state index is -3.55. The number of carbonyl (C=O) groups is 1. The molecule has 0 spiro atoms. The summed E-state index contributed by atoms with van der Waals surface area (Å²) in [6.45, 7) is 5.25. The van der Waals surface area contributed by atoms with Crippen LogP contribution in [0.1, 0.15) is 42.0 Å². The number of fused-ring (bicyclic) bond motifs is 3. The van der Waals surface area contributed by atoms with E-state index in [2.05, 4.69) is 24.3 Å². The van der Waals surface area contributed by atoms with Crippen molar-refractivity contribution >= 4 is 42.9 Å². The van der Waals surface area contributed by atoms with E-state index in [0.717, 1.165) is 54.9 Å². The van der Waals surface area contributed by atoms with E-state index in [4.69, 9.17) is 4.74 Å². The molecule has 1 atom stereocenters. The normalized spacial score (nSPS) is 16.0. The van der Waals surface area contributed by atoms with Gasteiger partial charge in [0.25, 0.3) is 0 Å². The SMILES string of the molecule is CC(=O)Oc1c2c(cc3cc4ccccc4cc13)/C(=C(/C)CS(=O)(=O)c1ccc(C)cc1)C2c1ccccc1. The molecule has 0 aromatic heterocycles. The third kappa shape index (κ3) is 4.43. The summed E-state index contributed by atoms with van der Waals surface area (Å²) in [6, 6.07) is 31.4. The molecular weight excluding hydrogens is 504 g/mol. The number of carbonyl (C=O) groups excluding carboxylic acids is 1. The smallest absolute Gasteiger partial charge is 0.308 e. The Hall–Kier alpha value is -4.22. The van der Waals surface area contributed by atoms with Crippen LogP contribution < -0.4 is 4.74 Å². The third-order valence-corrected chi connectivity index (χ3v) is 9.29. The number of rotatable bonds is 5. The summed E-state index contributed by atoms with van der Waals surface area (Å²) in [7, 11) is -3.55. The van der Waals surface area contributed by atoms with E-state index >= 15 is 0 Å². The van der Waals surface area contributed by atoms with Gasteiger partial charge in [0, 0.05) is 23.8 Å². The molecule has 194 valence electrons. The predicted molar refractivity (Wildman–Crippen MR) is 157 cm³/mol. The van der Waals surface area contributed by atoms with Crippen LogP contribution in [-0.2, 0) is 14.6 Å². The molecule has 0 aliphatic heterocycles. The first kappa shape index (κ1) is 25.1. The van der Waals surface area contributed by atoms with Gasteiger partial charge in [0.2, 0.25) is 0 Å². The van der Waals surface area contributed by atoms with Gasteiger partial charge in [0.05, 0.1) is 10.6 Å². The first-order valence-electron chi connectivity index (χ1n) is 12.9. The lowest BCUT2D eigenvalue weighted by Crippen LogP contribution is -2.23. The van der Waals surface area contributed by atoms with Crippen LogP contribution >= 0.6 is 0 Å². The van der Waals surface area contributed by atoms with E-state index < -0.39 is 9.84 Å². The largest absolute Gasteiger partial charge is 0.426 e. The molecule has 6 rings (SSSR count). The first-order chi connectivity index (χ1) is 18.7. The maximum absolute atomic E-state index is 13.4. The van der Waals surface area contributed by atoms with Gasteiger partial charge in [-0.15, -0.1) is 0 Å². The summed E-state index contributed by atoms with van der Waals surface area (Å²) < 4.78 is 32.8. The van der Waals surface area contributed by atoms with Gasteiger partial charge in [0.15, 0.2) is 9.84 Å². The van der Waals surface area contributed by atoms with E-state index in [-0.39, 0.29) is 17.6 Å². The van der Waals surface area contributed by atoms with Crippen molar-refractivity contribution in [2.75, 3.05) is 5.75 Å². The molecule has 0 heterocycles. The zero-order valence-electron chi connectivity index (χ0n) is 22.1. The van der Waals surface area contributed by atoms with Crippen LogP contribution in [0.3, 0.4) is 0 Å². The van der Waals surface area contributed by atoms with Crippen LogP contribution in [-0.4, -0.2) is 20.1 Å². The number of esters is 1. The van der Waals surface area contributed by atoms with Crippen LogP contribution in [0.4, 0.5) is 0 Å². The number of sulfone groups is 1. The number of hydrogen-bond acceptors (Lipinski definition) is 4. The van der Waals surface area contributed by atoms with Crippen molar-refractivity contribution in [2.45, 2.75) is 31.6 Å². The maximum Gasteiger partial charge on any atom is 0.308 e. The number of benzene rings is 5. The van der Waals surface area contributed by atoms with E-state index in [1.807, 2.05) is 74.5 Å². The summed E-state index contributed by atoms with van der Waals surface area (Å²) in [4.78, 5) is 12.6. The molecule has 1 aliphatic rings. The molecule has 0 fully saturated rings. The number of hydrogen-bond donors (Lipinski definition) is 0. The van der Waals surface area contributed by atoms with E-state index in [1.165, 1.54) is 6.92 Å². The molecule has 0 bridgehead atoms. The Morgan fingerprint density at radius 3 is 2.10 bits per heavy atom. The summed E-state index contributed by atoms with van der Waals surface area (Å²) in [5.74, 6) is -0.139. The zero-order valence-corrected chi connectivity index (χ0v) is 22.9. The summed E-state index contributed by atoms with van der Waals surface area (Å²) in [5.41, 5.74) is 5.64.